The predicted molar refractivity (Wildman–Crippen MR) is 96.3 cm³/mol. The summed E-state index contributed by atoms with van der Waals surface area (Å²) in [6.45, 7) is 1.93. The molecule has 23 heavy (non-hydrogen) atoms. The molecular formula is C17H17Cl2N3O. The maximum absolute atomic E-state index is 12.2. The van der Waals surface area contributed by atoms with Crippen LogP contribution in [-0.2, 0) is 4.79 Å². The molecule has 2 N–H and O–H groups in total. The Bertz CT molecular complexity index is 689. The number of halogens is 2. The first kappa shape index (κ1) is 17.3. The average molecular weight is 350 g/mol. The molecule has 0 aliphatic rings. The number of hydrogen-bond acceptors (Lipinski definition) is 3. The summed E-state index contributed by atoms with van der Waals surface area (Å²) in [5, 5.41) is 8.14. The number of carbonyl (C=O) groups is 1. The van der Waals surface area contributed by atoms with Gasteiger partial charge in [0, 0.05) is 16.3 Å². The van der Waals surface area contributed by atoms with Crippen molar-refractivity contribution in [3.63, 3.8) is 0 Å². The van der Waals surface area contributed by atoms with Crippen LogP contribution in [0.15, 0.2) is 53.6 Å². The van der Waals surface area contributed by atoms with Gasteiger partial charge in [-0.15, -0.1) is 0 Å². The summed E-state index contributed by atoms with van der Waals surface area (Å²) < 4.78 is 0. The molecule has 6 heteroatoms. The largest absolute Gasteiger partial charge is 0.374 e. The summed E-state index contributed by atoms with van der Waals surface area (Å²) in [6, 6.07) is 14.3. The lowest BCUT2D eigenvalue weighted by Crippen LogP contribution is -2.36. The van der Waals surface area contributed by atoms with Crippen molar-refractivity contribution in [2.75, 3.05) is 5.32 Å². The fourth-order valence-electron chi connectivity index (χ4n) is 1.94. The minimum absolute atomic E-state index is 0.210. The van der Waals surface area contributed by atoms with Crippen LogP contribution in [0.1, 0.15) is 18.9 Å². The zero-order chi connectivity index (χ0) is 16.7. The van der Waals surface area contributed by atoms with E-state index in [9.17, 15) is 4.79 Å². The number of nitrogens with one attached hydrogen (secondary N) is 2. The van der Waals surface area contributed by atoms with E-state index in [1.807, 2.05) is 37.3 Å². The minimum atomic E-state index is -0.366. The Hall–Kier alpha value is -2.04. The van der Waals surface area contributed by atoms with Crippen LogP contribution >= 0.6 is 23.2 Å². The standard InChI is InChI=1S/C17H17Cl2N3O/c1-2-16(21-14-6-4-3-5-7-14)17(23)22-20-11-12-8-9-13(18)10-15(12)19/h3-11,16,21H,2H2,1H3,(H,22,23)/b20-11+. The number of hydrogen-bond donors (Lipinski definition) is 2. The Morgan fingerprint density at radius 1 is 1.22 bits per heavy atom. The van der Waals surface area contributed by atoms with E-state index in [2.05, 4.69) is 15.8 Å². The van der Waals surface area contributed by atoms with Gasteiger partial charge in [0.05, 0.1) is 11.2 Å². The first-order valence-electron chi connectivity index (χ1n) is 7.19. The summed E-state index contributed by atoms with van der Waals surface area (Å²) in [7, 11) is 0. The Kier molecular flexibility index (Phi) is 6.44. The molecule has 0 fully saturated rings. The van der Waals surface area contributed by atoms with Gasteiger partial charge < -0.3 is 5.32 Å². The molecule has 0 spiro atoms. The fraction of sp³-hybridized carbons (Fsp3) is 0.176. The number of nitrogens with zero attached hydrogens (tertiary/aromatic N) is 1. The second-order valence-electron chi connectivity index (χ2n) is 4.87. The number of amides is 1. The molecule has 0 saturated carbocycles. The van der Waals surface area contributed by atoms with E-state index in [-0.39, 0.29) is 11.9 Å². The number of benzene rings is 2. The molecule has 0 aliphatic heterocycles. The Morgan fingerprint density at radius 3 is 2.61 bits per heavy atom. The molecule has 2 aromatic rings. The quantitative estimate of drug-likeness (QED) is 0.602. The number of hydrazone groups is 1. The Morgan fingerprint density at radius 2 is 1.96 bits per heavy atom. The molecule has 0 saturated heterocycles. The van der Waals surface area contributed by atoms with Crippen molar-refractivity contribution in [2.45, 2.75) is 19.4 Å². The van der Waals surface area contributed by atoms with Gasteiger partial charge in [-0.05, 0) is 30.7 Å². The van der Waals surface area contributed by atoms with Gasteiger partial charge >= 0.3 is 0 Å². The van der Waals surface area contributed by atoms with Crippen LogP contribution in [0.3, 0.4) is 0 Å². The molecular weight excluding hydrogens is 333 g/mol. The Balaban J connectivity index is 1.95. The Labute approximate surface area is 145 Å². The lowest BCUT2D eigenvalue weighted by molar-refractivity contribution is -0.121. The van der Waals surface area contributed by atoms with Crippen LogP contribution < -0.4 is 10.7 Å². The second kappa shape index (κ2) is 8.56. The molecule has 4 nitrogen and oxygen atoms in total. The zero-order valence-corrected chi connectivity index (χ0v) is 14.1. The number of rotatable bonds is 6. The van der Waals surface area contributed by atoms with Crippen molar-refractivity contribution < 1.29 is 4.79 Å². The molecule has 2 rings (SSSR count). The molecule has 2 aromatic carbocycles. The highest BCUT2D eigenvalue weighted by Gasteiger charge is 2.15. The smallest absolute Gasteiger partial charge is 0.262 e. The molecule has 0 bridgehead atoms. The molecule has 0 aliphatic carbocycles. The van der Waals surface area contributed by atoms with Gasteiger partial charge in [0.1, 0.15) is 6.04 Å². The third-order valence-electron chi connectivity index (χ3n) is 3.18. The summed E-state index contributed by atoms with van der Waals surface area (Å²) in [5.74, 6) is -0.210. The van der Waals surface area contributed by atoms with Gasteiger partial charge in [0.2, 0.25) is 0 Å². The zero-order valence-electron chi connectivity index (χ0n) is 12.6. The summed E-state index contributed by atoms with van der Waals surface area (Å²) >= 11 is 11.9. The highest BCUT2D eigenvalue weighted by Crippen LogP contribution is 2.19. The fourth-order valence-corrected chi connectivity index (χ4v) is 2.40. The van der Waals surface area contributed by atoms with Crippen molar-refractivity contribution >= 4 is 41.0 Å². The number of para-hydroxylation sites is 1. The average Bonchev–Trinajstić information content (AvgIpc) is 2.55. The third kappa shape index (κ3) is 5.27. The van der Waals surface area contributed by atoms with Gasteiger partial charge in [-0.1, -0.05) is 54.4 Å². The number of carbonyl (C=O) groups excluding carboxylic acids is 1. The van der Waals surface area contributed by atoms with E-state index >= 15 is 0 Å². The maximum Gasteiger partial charge on any atom is 0.262 e. The highest BCUT2D eigenvalue weighted by molar-refractivity contribution is 6.36. The van der Waals surface area contributed by atoms with Crippen LogP contribution in [0.4, 0.5) is 5.69 Å². The van der Waals surface area contributed by atoms with E-state index < -0.39 is 0 Å². The first-order valence-corrected chi connectivity index (χ1v) is 7.95. The van der Waals surface area contributed by atoms with Gasteiger partial charge in [0.15, 0.2) is 0 Å². The SMILES string of the molecule is CCC(Nc1ccccc1)C(=O)N/N=C/c1ccc(Cl)cc1Cl. The maximum atomic E-state index is 12.2. The minimum Gasteiger partial charge on any atom is -0.374 e. The van der Waals surface area contributed by atoms with Crippen molar-refractivity contribution in [1.82, 2.24) is 5.43 Å². The molecule has 1 atom stereocenters. The summed E-state index contributed by atoms with van der Waals surface area (Å²) in [4.78, 5) is 12.2. The summed E-state index contributed by atoms with van der Waals surface area (Å²) in [6.07, 6.45) is 2.13. The van der Waals surface area contributed by atoms with Crippen molar-refractivity contribution in [3.8, 4) is 0 Å². The van der Waals surface area contributed by atoms with E-state index in [4.69, 9.17) is 23.2 Å². The highest BCUT2D eigenvalue weighted by atomic mass is 35.5. The van der Waals surface area contributed by atoms with Crippen LogP contribution in [0.2, 0.25) is 10.0 Å². The van der Waals surface area contributed by atoms with E-state index in [1.165, 1.54) is 6.21 Å². The number of anilines is 1. The van der Waals surface area contributed by atoms with Crippen LogP contribution in [-0.4, -0.2) is 18.2 Å². The van der Waals surface area contributed by atoms with Crippen LogP contribution in [0.5, 0.6) is 0 Å². The molecule has 1 amide bonds. The van der Waals surface area contributed by atoms with Gasteiger partial charge in [-0.25, -0.2) is 5.43 Å². The normalized spacial score (nSPS) is 12.1. The molecule has 0 aromatic heterocycles. The topological polar surface area (TPSA) is 53.5 Å². The van der Waals surface area contributed by atoms with Crippen molar-refractivity contribution in [2.24, 2.45) is 5.10 Å². The van der Waals surface area contributed by atoms with Gasteiger partial charge in [-0.2, -0.15) is 5.10 Å². The monoisotopic (exact) mass is 349 g/mol. The molecule has 1 unspecified atom stereocenters. The van der Waals surface area contributed by atoms with Crippen molar-refractivity contribution in [3.05, 3.63) is 64.1 Å². The van der Waals surface area contributed by atoms with Crippen molar-refractivity contribution in [1.29, 1.82) is 0 Å². The van der Waals surface area contributed by atoms with E-state index in [1.54, 1.807) is 18.2 Å². The van der Waals surface area contributed by atoms with Crippen LogP contribution in [0, 0.1) is 0 Å². The molecule has 120 valence electrons. The van der Waals surface area contributed by atoms with Crippen LogP contribution in [0.25, 0.3) is 0 Å². The third-order valence-corrected chi connectivity index (χ3v) is 3.74. The lowest BCUT2D eigenvalue weighted by Gasteiger charge is -2.16. The first-order chi connectivity index (χ1) is 11.1. The lowest BCUT2D eigenvalue weighted by atomic mass is 10.2. The second-order valence-corrected chi connectivity index (χ2v) is 5.71. The van der Waals surface area contributed by atoms with E-state index in [0.717, 1.165) is 5.69 Å². The van der Waals surface area contributed by atoms with Gasteiger partial charge in [0.25, 0.3) is 5.91 Å². The molecule has 0 radical (unpaired) electrons. The molecule has 0 heterocycles. The predicted octanol–water partition coefficient (Wildman–Crippen LogP) is 4.33. The van der Waals surface area contributed by atoms with Gasteiger partial charge in [-0.3, -0.25) is 4.79 Å². The summed E-state index contributed by atoms with van der Waals surface area (Å²) in [5.41, 5.74) is 4.09. The van der Waals surface area contributed by atoms with E-state index in [0.29, 0.717) is 22.0 Å².